The fraction of sp³-hybridized carbons (Fsp3) is 0.318. The minimum atomic E-state index is -0.448. The van der Waals surface area contributed by atoms with E-state index < -0.39 is 5.97 Å². The predicted molar refractivity (Wildman–Crippen MR) is 108 cm³/mol. The van der Waals surface area contributed by atoms with Crippen LogP contribution >= 0.6 is 0 Å². The Hall–Kier alpha value is -3.15. The second kappa shape index (κ2) is 9.17. The van der Waals surface area contributed by atoms with Crippen LogP contribution in [0.5, 0.6) is 5.75 Å². The average molecular weight is 382 g/mol. The lowest BCUT2D eigenvalue weighted by molar-refractivity contribution is -0.131. The molecule has 0 fully saturated rings. The van der Waals surface area contributed by atoms with Crippen LogP contribution in [0.2, 0.25) is 0 Å². The molecule has 0 saturated carbocycles. The lowest BCUT2D eigenvalue weighted by Crippen LogP contribution is -2.34. The van der Waals surface area contributed by atoms with E-state index in [1.807, 2.05) is 12.1 Å². The topological polar surface area (TPSA) is 84.5 Å². The van der Waals surface area contributed by atoms with Gasteiger partial charge in [-0.15, -0.1) is 0 Å². The van der Waals surface area contributed by atoms with Crippen molar-refractivity contribution in [1.29, 1.82) is 0 Å². The van der Waals surface area contributed by atoms with Crippen molar-refractivity contribution >= 4 is 17.8 Å². The highest BCUT2D eigenvalue weighted by atomic mass is 16.5. The van der Waals surface area contributed by atoms with Crippen molar-refractivity contribution in [3.63, 3.8) is 0 Å². The van der Waals surface area contributed by atoms with Gasteiger partial charge < -0.3 is 15.4 Å². The summed E-state index contributed by atoms with van der Waals surface area (Å²) >= 11 is 0. The second-order valence-corrected chi connectivity index (χ2v) is 7.46. The average Bonchev–Trinajstić information content (AvgIpc) is 2.64. The molecule has 0 aliphatic heterocycles. The summed E-state index contributed by atoms with van der Waals surface area (Å²) in [7, 11) is 0. The van der Waals surface area contributed by atoms with E-state index in [0.717, 1.165) is 5.56 Å². The first-order chi connectivity index (χ1) is 13.2. The Balaban J connectivity index is 1.81. The Morgan fingerprint density at radius 2 is 1.43 bits per heavy atom. The largest absolute Gasteiger partial charge is 0.427 e. The normalized spacial score (nSPS) is 10.9. The van der Waals surface area contributed by atoms with Gasteiger partial charge in [-0.2, -0.15) is 0 Å². The summed E-state index contributed by atoms with van der Waals surface area (Å²) in [5.74, 6) is -0.632. The first kappa shape index (κ1) is 21.2. The fourth-order valence-corrected chi connectivity index (χ4v) is 2.54. The minimum Gasteiger partial charge on any atom is -0.427 e. The van der Waals surface area contributed by atoms with Crippen LogP contribution < -0.4 is 15.4 Å². The standard InChI is InChI=1S/C22H26N2O4/c1-15(25)28-19-7-5-6-17(14-19)21(27)24-13-12-23-20(26)16-8-10-18(11-9-16)22(2,3)4/h5-11,14H,12-13H2,1-4H3,(H,23,26)(H,24,27). The lowest BCUT2D eigenvalue weighted by Gasteiger charge is -2.19. The van der Waals surface area contributed by atoms with E-state index in [9.17, 15) is 14.4 Å². The van der Waals surface area contributed by atoms with Crippen molar-refractivity contribution in [2.75, 3.05) is 13.1 Å². The van der Waals surface area contributed by atoms with Crippen molar-refractivity contribution in [3.8, 4) is 5.75 Å². The molecule has 6 heteroatoms. The van der Waals surface area contributed by atoms with Crippen LogP contribution in [0.15, 0.2) is 48.5 Å². The Morgan fingerprint density at radius 1 is 0.857 bits per heavy atom. The third-order valence-electron chi connectivity index (χ3n) is 4.07. The van der Waals surface area contributed by atoms with Crippen molar-refractivity contribution in [2.45, 2.75) is 33.1 Å². The molecule has 0 unspecified atom stereocenters. The van der Waals surface area contributed by atoms with E-state index in [1.165, 1.54) is 13.0 Å². The molecule has 2 rings (SSSR count). The van der Waals surface area contributed by atoms with Crippen LogP contribution in [0, 0.1) is 0 Å². The van der Waals surface area contributed by atoms with Crippen molar-refractivity contribution < 1.29 is 19.1 Å². The fourth-order valence-electron chi connectivity index (χ4n) is 2.54. The molecule has 148 valence electrons. The first-order valence-electron chi connectivity index (χ1n) is 9.12. The molecule has 0 aromatic heterocycles. The molecule has 2 aromatic carbocycles. The molecular weight excluding hydrogens is 356 g/mol. The van der Waals surface area contributed by atoms with Gasteiger partial charge in [0.05, 0.1) is 0 Å². The highest BCUT2D eigenvalue weighted by Crippen LogP contribution is 2.22. The number of rotatable bonds is 6. The summed E-state index contributed by atoms with van der Waals surface area (Å²) in [4.78, 5) is 35.4. The summed E-state index contributed by atoms with van der Waals surface area (Å²) in [5.41, 5.74) is 2.15. The van der Waals surface area contributed by atoms with E-state index in [0.29, 0.717) is 23.4 Å². The summed E-state index contributed by atoms with van der Waals surface area (Å²) in [6.07, 6.45) is 0. The molecule has 0 aliphatic rings. The third-order valence-corrected chi connectivity index (χ3v) is 4.07. The Kier molecular flexibility index (Phi) is 6.93. The molecule has 2 aromatic rings. The molecule has 2 N–H and O–H groups in total. The van der Waals surface area contributed by atoms with E-state index in [-0.39, 0.29) is 23.8 Å². The van der Waals surface area contributed by atoms with Gasteiger partial charge in [0, 0.05) is 31.1 Å². The summed E-state index contributed by atoms with van der Waals surface area (Å²) < 4.78 is 4.96. The van der Waals surface area contributed by atoms with Gasteiger partial charge in [0.2, 0.25) is 0 Å². The number of hydrogen-bond donors (Lipinski definition) is 2. The van der Waals surface area contributed by atoms with Gasteiger partial charge >= 0.3 is 5.97 Å². The number of hydrogen-bond acceptors (Lipinski definition) is 4. The van der Waals surface area contributed by atoms with Gasteiger partial charge in [-0.3, -0.25) is 14.4 Å². The molecule has 0 heterocycles. The molecule has 28 heavy (non-hydrogen) atoms. The maximum atomic E-state index is 12.2. The van der Waals surface area contributed by atoms with Crippen molar-refractivity contribution in [1.82, 2.24) is 10.6 Å². The van der Waals surface area contributed by atoms with Gasteiger partial charge in [0.15, 0.2) is 0 Å². The van der Waals surface area contributed by atoms with Crippen molar-refractivity contribution in [2.24, 2.45) is 0 Å². The highest BCUT2D eigenvalue weighted by molar-refractivity contribution is 5.95. The van der Waals surface area contributed by atoms with Crippen LogP contribution in [-0.2, 0) is 10.2 Å². The van der Waals surface area contributed by atoms with Crippen LogP contribution in [0.1, 0.15) is 54.0 Å². The highest BCUT2D eigenvalue weighted by Gasteiger charge is 2.14. The van der Waals surface area contributed by atoms with Crippen LogP contribution in [0.25, 0.3) is 0 Å². The van der Waals surface area contributed by atoms with Crippen LogP contribution in [0.3, 0.4) is 0 Å². The first-order valence-corrected chi connectivity index (χ1v) is 9.12. The number of carbonyl (C=O) groups excluding carboxylic acids is 3. The molecule has 0 atom stereocenters. The SMILES string of the molecule is CC(=O)Oc1cccc(C(=O)NCCNC(=O)c2ccc(C(C)(C)C)cc2)c1. The number of esters is 1. The summed E-state index contributed by atoms with van der Waals surface area (Å²) in [6, 6.07) is 13.9. The number of ether oxygens (including phenoxy) is 1. The van der Waals surface area contributed by atoms with Gasteiger partial charge in [-0.1, -0.05) is 39.0 Å². The Morgan fingerprint density at radius 3 is 1.96 bits per heavy atom. The number of benzene rings is 2. The van der Waals surface area contributed by atoms with E-state index in [4.69, 9.17) is 4.74 Å². The molecular formula is C22H26N2O4. The molecule has 0 saturated heterocycles. The smallest absolute Gasteiger partial charge is 0.308 e. The van der Waals surface area contributed by atoms with E-state index in [2.05, 4.69) is 31.4 Å². The quantitative estimate of drug-likeness (QED) is 0.457. The molecule has 0 bridgehead atoms. The lowest BCUT2D eigenvalue weighted by atomic mass is 9.87. The maximum Gasteiger partial charge on any atom is 0.308 e. The number of carbonyl (C=O) groups is 3. The summed E-state index contributed by atoms with van der Waals surface area (Å²) in [5, 5.41) is 5.50. The number of amides is 2. The van der Waals surface area contributed by atoms with Gasteiger partial charge in [0.1, 0.15) is 5.75 Å². The molecule has 0 radical (unpaired) electrons. The van der Waals surface area contributed by atoms with E-state index >= 15 is 0 Å². The Labute approximate surface area is 165 Å². The third kappa shape index (κ3) is 6.23. The van der Waals surface area contributed by atoms with E-state index in [1.54, 1.807) is 30.3 Å². The number of nitrogens with one attached hydrogen (secondary N) is 2. The van der Waals surface area contributed by atoms with Gasteiger partial charge in [0.25, 0.3) is 11.8 Å². The maximum absolute atomic E-state index is 12.2. The molecule has 6 nitrogen and oxygen atoms in total. The molecule has 0 spiro atoms. The van der Waals surface area contributed by atoms with Crippen LogP contribution in [0.4, 0.5) is 0 Å². The van der Waals surface area contributed by atoms with Gasteiger partial charge in [-0.25, -0.2) is 0 Å². The molecule has 2 amide bonds. The molecule has 0 aliphatic carbocycles. The summed E-state index contributed by atoms with van der Waals surface area (Å²) in [6.45, 7) is 8.23. The zero-order chi connectivity index (χ0) is 20.7. The predicted octanol–water partition coefficient (Wildman–Crippen LogP) is 3.07. The zero-order valence-electron chi connectivity index (χ0n) is 16.7. The van der Waals surface area contributed by atoms with Crippen molar-refractivity contribution in [3.05, 3.63) is 65.2 Å². The monoisotopic (exact) mass is 382 g/mol. The zero-order valence-corrected chi connectivity index (χ0v) is 16.7. The van der Waals surface area contributed by atoms with Crippen LogP contribution in [-0.4, -0.2) is 30.9 Å². The second-order valence-electron chi connectivity index (χ2n) is 7.46. The van der Waals surface area contributed by atoms with Gasteiger partial charge in [-0.05, 0) is 41.3 Å². The Bertz CT molecular complexity index is 852. The minimum absolute atomic E-state index is 0.0338.